The number of halogens is 1. The van der Waals surface area contributed by atoms with E-state index in [4.69, 9.17) is 21.1 Å². The van der Waals surface area contributed by atoms with Gasteiger partial charge in [0.2, 0.25) is 5.91 Å². The van der Waals surface area contributed by atoms with Crippen LogP contribution in [0, 0.1) is 5.92 Å². The van der Waals surface area contributed by atoms with E-state index in [9.17, 15) is 19.2 Å². The van der Waals surface area contributed by atoms with Crippen LogP contribution in [0.2, 0.25) is 0 Å². The van der Waals surface area contributed by atoms with Gasteiger partial charge in [-0.3, -0.25) is 14.4 Å². The highest BCUT2D eigenvalue weighted by molar-refractivity contribution is 6.17. The van der Waals surface area contributed by atoms with Crippen LogP contribution in [0.15, 0.2) is 48.6 Å². The Hall–Kier alpha value is -3.13. The average Bonchev–Trinajstić information content (AvgIpc) is 2.87. The topological polar surface area (TPSA) is 111 Å². The third kappa shape index (κ3) is 21.8. The quantitative estimate of drug-likeness (QED) is 0.110. The van der Waals surface area contributed by atoms with Gasteiger partial charge < -0.3 is 20.1 Å². The van der Waals surface area contributed by atoms with Crippen LogP contribution in [-0.2, 0) is 23.9 Å². The van der Waals surface area contributed by atoms with E-state index < -0.39 is 17.8 Å². The van der Waals surface area contributed by atoms with E-state index in [-0.39, 0.29) is 36.5 Å². The summed E-state index contributed by atoms with van der Waals surface area (Å²) in [5.74, 6) is -0.173. The molecule has 0 radical (unpaired) electrons. The Morgan fingerprint density at radius 3 is 2.27 bits per heavy atom. The molecule has 0 saturated heterocycles. The number of alkyl carbamates (subject to hydrolysis) is 1. The van der Waals surface area contributed by atoms with Crippen LogP contribution in [0.3, 0.4) is 0 Å². The van der Waals surface area contributed by atoms with Gasteiger partial charge >= 0.3 is 12.1 Å². The molecule has 0 heterocycles. The Morgan fingerprint density at radius 1 is 1.02 bits per heavy atom. The highest BCUT2D eigenvalue weighted by Gasteiger charge is 2.19. The Bertz CT molecular complexity index is 941. The summed E-state index contributed by atoms with van der Waals surface area (Å²) in [5, 5.41) is 5.21. The number of ketones is 1. The first-order valence-corrected chi connectivity index (χ1v) is 14.3. The Labute approximate surface area is 244 Å². The predicted molar refractivity (Wildman–Crippen MR) is 161 cm³/mol. The van der Waals surface area contributed by atoms with E-state index in [1.807, 2.05) is 77.1 Å². The Balaban J connectivity index is 0.00000483. The smallest absolute Gasteiger partial charge is 0.407 e. The molecule has 8 nitrogen and oxygen atoms in total. The molecular formula is C31H47ClN2O6. The monoisotopic (exact) mass is 578 g/mol. The molecule has 2 atom stereocenters. The second-order valence-corrected chi connectivity index (χ2v) is 10.8. The molecule has 1 rings (SSSR count). The number of hydrogen-bond donors (Lipinski definition) is 2. The molecule has 1 aromatic rings. The van der Waals surface area contributed by atoms with Gasteiger partial charge in [0.1, 0.15) is 17.5 Å². The van der Waals surface area contributed by atoms with Crippen LogP contribution < -0.4 is 10.6 Å². The van der Waals surface area contributed by atoms with Gasteiger partial charge in [-0.15, -0.1) is 11.6 Å². The van der Waals surface area contributed by atoms with Crippen molar-refractivity contribution in [2.75, 3.05) is 19.0 Å². The van der Waals surface area contributed by atoms with Crippen molar-refractivity contribution < 1.29 is 28.7 Å². The lowest BCUT2D eigenvalue weighted by Gasteiger charge is -2.21. The minimum atomic E-state index is -0.536. The molecule has 0 bridgehead atoms. The van der Waals surface area contributed by atoms with Crippen molar-refractivity contribution in [3.05, 3.63) is 54.1 Å². The fraction of sp³-hybridized carbons (Fsp3) is 0.548. The normalized spacial score (nSPS) is 12.7. The Morgan fingerprint density at radius 2 is 1.68 bits per heavy atom. The van der Waals surface area contributed by atoms with Crippen LogP contribution in [0.4, 0.5) is 4.79 Å². The maximum Gasteiger partial charge on any atom is 0.407 e. The maximum absolute atomic E-state index is 12.5. The summed E-state index contributed by atoms with van der Waals surface area (Å²) >= 11 is 5.00. The van der Waals surface area contributed by atoms with Crippen LogP contribution in [0.5, 0.6) is 0 Å². The summed E-state index contributed by atoms with van der Waals surface area (Å²) in [7, 11) is 0. The van der Waals surface area contributed by atoms with Crippen LogP contribution in [0.25, 0.3) is 6.08 Å². The number of alkyl halides is 1. The summed E-state index contributed by atoms with van der Waals surface area (Å²) in [4.78, 5) is 47.1. The molecule has 9 heteroatoms. The fourth-order valence-corrected chi connectivity index (χ4v) is 3.20. The molecule has 0 spiro atoms. The van der Waals surface area contributed by atoms with Gasteiger partial charge in [-0.25, -0.2) is 4.79 Å². The maximum atomic E-state index is 12.5. The van der Waals surface area contributed by atoms with Crippen molar-refractivity contribution in [3.63, 3.8) is 0 Å². The standard InChI is InChI=1S/C29H42N2O6.C2H5Cl/c1-22(18-19-24-13-8-6-9-14-24)25(15-12-16-26(33)31-21-23(2)32)36-27(34)17-10-7-11-20-30-28(35)37-29(3,4)5;1-2-3/h6,8-9,12-14,16,18-19,22,25H,7,10-11,15,17,20-21H2,1-5H3,(H,30,35)(H,31,33);2H2,1H3/b16-12+,19-18+;/t22?,25-;/m0./s1. The van der Waals surface area contributed by atoms with Gasteiger partial charge in [-0.05, 0) is 52.2 Å². The van der Waals surface area contributed by atoms with E-state index in [2.05, 4.69) is 10.6 Å². The van der Waals surface area contributed by atoms with E-state index >= 15 is 0 Å². The predicted octanol–water partition coefficient (Wildman–Crippen LogP) is 6.23. The number of ether oxygens (including phenoxy) is 2. The van der Waals surface area contributed by atoms with E-state index in [1.165, 1.54) is 13.0 Å². The largest absolute Gasteiger partial charge is 0.461 e. The van der Waals surface area contributed by atoms with Gasteiger partial charge in [-0.1, -0.05) is 68.8 Å². The van der Waals surface area contributed by atoms with Crippen molar-refractivity contribution >= 4 is 41.4 Å². The second-order valence-electron chi connectivity index (χ2n) is 10.2. The van der Waals surface area contributed by atoms with Crippen molar-refractivity contribution in [2.24, 2.45) is 5.92 Å². The van der Waals surface area contributed by atoms with E-state index in [0.717, 1.165) is 24.3 Å². The Kier molecular flexibility index (Phi) is 20.0. The highest BCUT2D eigenvalue weighted by atomic mass is 35.5. The van der Waals surface area contributed by atoms with Crippen molar-refractivity contribution in [2.45, 2.75) is 85.4 Å². The number of esters is 1. The zero-order chi connectivity index (χ0) is 30.4. The van der Waals surface area contributed by atoms with Crippen molar-refractivity contribution in [3.8, 4) is 0 Å². The number of benzene rings is 1. The van der Waals surface area contributed by atoms with Gasteiger partial charge in [-0.2, -0.15) is 0 Å². The molecule has 0 aliphatic rings. The number of carbonyl (C=O) groups is 4. The highest BCUT2D eigenvalue weighted by Crippen LogP contribution is 2.17. The molecular weight excluding hydrogens is 532 g/mol. The van der Waals surface area contributed by atoms with Gasteiger partial charge in [0, 0.05) is 31.2 Å². The third-order valence-corrected chi connectivity index (χ3v) is 5.14. The summed E-state index contributed by atoms with van der Waals surface area (Å²) in [6, 6.07) is 9.82. The molecule has 2 amide bonds. The van der Waals surface area contributed by atoms with Gasteiger partial charge in [0.15, 0.2) is 0 Å². The molecule has 2 N–H and O–H groups in total. The van der Waals surface area contributed by atoms with Crippen LogP contribution >= 0.6 is 11.6 Å². The first-order valence-electron chi connectivity index (χ1n) is 13.8. The zero-order valence-corrected chi connectivity index (χ0v) is 25.6. The molecule has 1 unspecified atom stereocenters. The second kappa shape index (κ2) is 21.7. The molecule has 224 valence electrons. The minimum Gasteiger partial charge on any atom is -0.461 e. The van der Waals surface area contributed by atoms with Crippen LogP contribution in [0.1, 0.15) is 79.2 Å². The number of unbranched alkanes of at least 4 members (excludes halogenated alkanes) is 2. The van der Waals surface area contributed by atoms with E-state index in [1.54, 1.807) is 6.08 Å². The van der Waals surface area contributed by atoms with Crippen molar-refractivity contribution in [1.82, 2.24) is 10.6 Å². The molecule has 0 aliphatic heterocycles. The summed E-state index contributed by atoms with van der Waals surface area (Å²) in [6.07, 6.45) is 8.83. The molecule has 0 aromatic heterocycles. The van der Waals surface area contributed by atoms with Crippen molar-refractivity contribution in [1.29, 1.82) is 0 Å². The number of carbonyl (C=O) groups excluding carboxylic acids is 4. The molecule has 0 fully saturated rings. The summed E-state index contributed by atoms with van der Waals surface area (Å²) in [5.41, 5.74) is 0.504. The van der Waals surface area contributed by atoms with Gasteiger partial charge in [0.25, 0.3) is 0 Å². The first kappa shape index (κ1) is 36.9. The first-order chi connectivity index (χ1) is 18.9. The lowest BCUT2D eigenvalue weighted by molar-refractivity contribution is -0.150. The lowest BCUT2D eigenvalue weighted by atomic mass is 9.99. The third-order valence-electron chi connectivity index (χ3n) is 5.14. The van der Waals surface area contributed by atoms with Crippen LogP contribution in [-0.4, -0.2) is 54.4 Å². The average molecular weight is 579 g/mol. The molecule has 1 aromatic carbocycles. The molecule has 0 saturated carbocycles. The number of hydrogen-bond acceptors (Lipinski definition) is 6. The number of Topliss-reactive ketones (excluding diaryl/α,β-unsaturated/α-hetero) is 1. The van der Waals surface area contributed by atoms with Gasteiger partial charge in [0.05, 0.1) is 6.54 Å². The number of nitrogens with one attached hydrogen (secondary N) is 2. The SMILES string of the molecule is CC(=O)CNC(=O)/C=C/C[C@H](OC(=O)CCCCCNC(=O)OC(C)(C)C)C(C)/C=C/c1ccccc1.CCCl. The minimum absolute atomic E-state index is 0.0227. The summed E-state index contributed by atoms with van der Waals surface area (Å²) < 4.78 is 11.0. The number of amides is 2. The lowest BCUT2D eigenvalue weighted by Crippen LogP contribution is -2.33. The van der Waals surface area contributed by atoms with E-state index in [0.29, 0.717) is 19.4 Å². The molecule has 40 heavy (non-hydrogen) atoms. The fourth-order valence-electron chi connectivity index (χ4n) is 3.20. The molecule has 0 aliphatic carbocycles. The zero-order valence-electron chi connectivity index (χ0n) is 24.8. The number of rotatable bonds is 15. The summed E-state index contributed by atoms with van der Waals surface area (Å²) in [6.45, 7) is 11.1.